The van der Waals surface area contributed by atoms with E-state index in [0.29, 0.717) is 6.54 Å². The van der Waals surface area contributed by atoms with Crippen molar-refractivity contribution in [1.82, 2.24) is 25.4 Å². The summed E-state index contributed by atoms with van der Waals surface area (Å²) in [6.07, 6.45) is 3.09. The van der Waals surface area contributed by atoms with Crippen molar-refractivity contribution in [2.24, 2.45) is 5.92 Å². The van der Waals surface area contributed by atoms with Gasteiger partial charge in [0, 0.05) is 6.54 Å². The van der Waals surface area contributed by atoms with Crippen molar-refractivity contribution in [1.29, 1.82) is 0 Å². The maximum absolute atomic E-state index is 13.9. The summed E-state index contributed by atoms with van der Waals surface area (Å²) in [4.78, 5) is 28.9. The molecule has 0 saturated heterocycles. The van der Waals surface area contributed by atoms with Gasteiger partial charge < -0.3 is 10.6 Å². The molecule has 3 rings (SSSR count). The Hall–Kier alpha value is -3.62. The van der Waals surface area contributed by atoms with Gasteiger partial charge in [-0.3, -0.25) is 9.59 Å². The van der Waals surface area contributed by atoms with Gasteiger partial charge in [0.25, 0.3) is 5.91 Å². The molecule has 2 amide bonds. The van der Waals surface area contributed by atoms with Crippen molar-refractivity contribution >= 4 is 11.8 Å². The zero-order valence-electron chi connectivity index (χ0n) is 17.2. The second kappa shape index (κ2) is 9.92. The van der Waals surface area contributed by atoms with Crippen molar-refractivity contribution in [3.8, 4) is 0 Å². The monoisotopic (exact) mass is 427 g/mol. The number of hydrogen-bond donors (Lipinski definition) is 2. The molecule has 31 heavy (non-hydrogen) atoms. The molecule has 0 aliphatic rings. The van der Waals surface area contributed by atoms with E-state index in [2.05, 4.69) is 20.7 Å². The predicted molar refractivity (Wildman–Crippen MR) is 110 cm³/mol. The van der Waals surface area contributed by atoms with E-state index in [1.54, 1.807) is 24.9 Å². The Morgan fingerprint density at radius 1 is 1.03 bits per heavy atom. The van der Waals surface area contributed by atoms with Crippen LogP contribution in [-0.2, 0) is 17.9 Å². The minimum atomic E-state index is -0.980. The van der Waals surface area contributed by atoms with Crippen LogP contribution in [0.15, 0.2) is 55.1 Å². The second-order valence-corrected chi connectivity index (χ2v) is 7.42. The van der Waals surface area contributed by atoms with Crippen LogP contribution in [-0.4, -0.2) is 32.6 Å². The number of nitrogens with zero attached hydrogens (tertiary/aromatic N) is 3. The molecule has 0 unspecified atom stereocenters. The Balaban J connectivity index is 1.60. The van der Waals surface area contributed by atoms with Gasteiger partial charge in [0.1, 0.15) is 35.9 Å². The van der Waals surface area contributed by atoms with Crippen LogP contribution in [0.1, 0.15) is 35.3 Å². The first-order valence-corrected chi connectivity index (χ1v) is 9.78. The fraction of sp³-hybridized carbons (Fsp3) is 0.273. The van der Waals surface area contributed by atoms with Crippen LogP contribution in [0.3, 0.4) is 0 Å². The summed E-state index contributed by atoms with van der Waals surface area (Å²) in [5.41, 5.74) is 1.19. The minimum Gasteiger partial charge on any atom is -0.350 e. The lowest BCUT2D eigenvalue weighted by Crippen LogP contribution is -2.49. The molecule has 7 nitrogen and oxygen atoms in total. The summed E-state index contributed by atoms with van der Waals surface area (Å²) in [5.74, 6) is -3.66. The zero-order valence-corrected chi connectivity index (χ0v) is 17.2. The van der Waals surface area contributed by atoms with E-state index in [1.165, 1.54) is 12.4 Å². The molecular weight excluding hydrogens is 404 g/mol. The van der Waals surface area contributed by atoms with Crippen molar-refractivity contribution in [2.45, 2.75) is 33.0 Å². The fourth-order valence-corrected chi connectivity index (χ4v) is 3.03. The number of aromatic nitrogens is 3. The number of benzene rings is 2. The highest BCUT2D eigenvalue weighted by molar-refractivity contribution is 5.98. The van der Waals surface area contributed by atoms with Crippen LogP contribution in [0.4, 0.5) is 8.78 Å². The van der Waals surface area contributed by atoms with Crippen molar-refractivity contribution in [3.05, 3.63) is 83.4 Å². The molecule has 1 aromatic heterocycles. The maximum Gasteiger partial charge on any atom is 0.257 e. The second-order valence-electron chi connectivity index (χ2n) is 7.42. The fourth-order valence-electron chi connectivity index (χ4n) is 3.03. The number of carbonyl (C=O) groups is 2. The molecule has 0 aliphatic carbocycles. The summed E-state index contributed by atoms with van der Waals surface area (Å²) in [6.45, 7) is 4.30. The number of carbonyl (C=O) groups excluding carboxylic acids is 2. The van der Waals surface area contributed by atoms with Gasteiger partial charge >= 0.3 is 0 Å². The topological polar surface area (TPSA) is 88.9 Å². The molecule has 0 bridgehead atoms. The van der Waals surface area contributed by atoms with Crippen molar-refractivity contribution in [2.75, 3.05) is 0 Å². The minimum absolute atomic E-state index is 0.246. The van der Waals surface area contributed by atoms with Crippen LogP contribution in [0.2, 0.25) is 0 Å². The van der Waals surface area contributed by atoms with Gasteiger partial charge in [0.15, 0.2) is 0 Å². The lowest BCUT2D eigenvalue weighted by Gasteiger charge is -2.22. The van der Waals surface area contributed by atoms with Crippen LogP contribution >= 0.6 is 0 Å². The molecule has 1 atom stereocenters. The number of halogens is 2. The van der Waals surface area contributed by atoms with E-state index < -0.39 is 35.1 Å². The third kappa shape index (κ3) is 5.71. The molecule has 2 aromatic carbocycles. The van der Waals surface area contributed by atoms with Gasteiger partial charge in [0.05, 0.1) is 6.54 Å². The Labute approximate surface area is 178 Å². The van der Waals surface area contributed by atoms with E-state index in [0.717, 1.165) is 23.3 Å². The average Bonchev–Trinajstić information content (AvgIpc) is 3.24. The molecule has 162 valence electrons. The molecule has 0 fully saturated rings. The van der Waals surface area contributed by atoms with Crippen LogP contribution in [0.25, 0.3) is 0 Å². The number of nitrogens with one attached hydrogen (secondary N) is 2. The first kappa shape index (κ1) is 22.1. The van der Waals surface area contributed by atoms with Crippen LogP contribution in [0.5, 0.6) is 0 Å². The highest BCUT2D eigenvalue weighted by Gasteiger charge is 2.27. The Kier molecular flexibility index (Phi) is 7.07. The van der Waals surface area contributed by atoms with E-state index >= 15 is 0 Å². The maximum atomic E-state index is 13.9. The van der Waals surface area contributed by atoms with E-state index in [4.69, 9.17) is 0 Å². The van der Waals surface area contributed by atoms with Gasteiger partial charge in [-0.25, -0.2) is 18.4 Å². The third-order valence-electron chi connectivity index (χ3n) is 4.73. The Morgan fingerprint density at radius 2 is 1.68 bits per heavy atom. The van der Waals surface area contributed by atoms with Gasteiger partial charge in [-0.05, 0) is 29.2 Å². The van der Waals surface area contributed by atoms with Crippen molar-refractivity contribution in [3.63, 3.8) is 0 Å². The van der Waals surface area contributed by atoms with E-state index in [-0.39, 0.29) is 12.5 Å². The van der Waals surface area contributed by atoms with Crippen LogP contribution < -0.4 is 10.6 Å². The van der Waals surface area contributed by atoms with Gasteiger partial charge in [-0.2, -0.15) is 5.10 Å². The molecule has 2 N–H and O–H groups in total. The zero-order chi connectivity index (χ0) is 22.4. The summed E-state index contributed by atoms with van der Waals surface area (Å²) < 4.78 is 29.4. The lowest BCUT2D eigenvalue weighted by molar-refractivity contribution is -0.124. The molecule has 9 heteroatoms. The summed E-state index contributed by atoms with van der Waals surface area (Å²) >= 11 is 0. The van der Waals surface area contributed by atoms with E-state index in [9.17, 15) is 18.4 Å². The summed E-state index contributed by atoms with van der Waals surface area (Å²) in [7, 11) is 0. The molecule has 0 saturated carbocycles. The van der Waals surface area contributed by atoms with Gasteiger partial charge in [-0.1, -0.05) is 44.2 Å². The SMILES string of the molecule is CC(C)[C@H](NC(=O)c1c(F)cccc1F)C(=O)NCc1ccc(Cn2cncn2)cc1. The molecule has 0 radical (unpaired) electrons. The standard InChI is InChI=1S/C22H23F2N5O2/c1-14(2)20(28-21(30)19-17(23)4-3-5-18(19)24)22(31)26-10-15-6-8-16(9-7-15)11-29-13-25-12-27-29/h3-9,12-14,20H,10-11H2,1-2H3,(H,26,31)(H,28,30)/t20-/m0/s1. The largest absolute Gasteiger partial charge is 0.350 e. The third-order valence-corrected chi connectivity index (χ3v) is 4.73. The van der Waals surface area contributed by atoms with Gasteiger partial charge in [-0.15, -0.1) is 0 Å². The highest BCUT2D eigenvalue weighted by atomic mass is 19.1. The molecule has 3 aromatic rings. The summed E-state index contributed by atoms with van der Waals surface area (Å²) in [6, 6.07) is 9.82. The quantitative estimate of drug-likeness (QED) is 0.579. The van der Waals surface area contributed by atoms with Gasteiger partial charge in [0.2, 0.25) is 5.91 Å². The van der Waals surface area contributed by atoms with Crippen molar-refractivity contribution < 1.29 is 18.4 Å². The smallest absolute Gasteiger partial charge is 0.257 e. The summed E-state index contributed by atoms with van der Waals surface area (Å²) in [5, 5.41) is 9.25. The number of amides is 2. The van der Waals surface area contributed by atoms with Crippen LogP contribution in [0, 0.1) is 17.6 Å². The Morgan fingerprint density at radius 3 is 2.26 bits per heavy atom. The van der Waals surface area contributed by atoms with E-state index in [1.807, 2.05) is 24.3 Å². The molecular formula is C22H23F2N5O2. The molecule has 1 heterocycles. The first-order valence-electron chi connectivity index (χ1n) is 9.78. The average molecular weight is 427 g/mol. The normalized spacial score (nSPS) is 11.9. The molecule has 0 aliphatic heterocycles. The number of hydrogen-bond acceptors (Lipinski definition) is 4. The predicted octanol–water partition coefficient (Wildman–Crippen LogP) is 2.68. The highest BCUT2D eigenvalue weighted by Crippen LogP contribution is 2.13. The lowest BCUT2D eigenvalue weighted by atomic mass is 10.0. The Bertz CT molecular complexity index is 1020. The number of rotatable bonds is 8. The first-order chi connectivity index (χ1) is 14.8. The molecule has 0 spiro atoms.